The molecule has 1 N–H and O–H groups in total. The highest BCUT2D eigenvalue weighted by Crippen LogP contribution is 2.72. The molecule has 0 spiro atoms. The van der Waals surface area contributed by atoms with Gasteiger partial charge in [-0.3, -0.25) is 13.7 Å². The summed E-state index contributed by atoms with van der Waals surface area (Å²) in [5, 5.41) is 0. The van der Waals surface area contributed by atoms with E-state index in [4.69, 9.17) is 4.89 Å². The number of hydrogen-bond donors (Lipinski definition) is 1. The number of hydrogen-bond acceptors (Lipinski definition) is 5. The molecule has 0 rings (SSSR count). The van der Waals surface area contributed by atoms with Crippen molar-refractivity contribution in [3.63, 3.8) is 0 Å². The first-order valence-corrected chi connectivity index (χ1v) is 10.8. The van der Waals surface area contributed by atoms with E-state index in [-0.39, 0.29) is 5.75 Å². The van der Waals surface area contributed by atoms with Gasteiger partial charge in [0.05, 0.1) is 0 Å². The smallest absolute Gasteiger partial charge is 0.336 e. The molecule has 5 nitrogen and oxygen atoms in total. The third-order valence-corrected chi connectivity index (χ3v) is 9.56. The van der Waals surface area contributed by atoms with Gasteiger partial charge in [-0.2, -0.15) is 8.39 Å². The first-order valence-electron chi connectivity index (χ1n) is 3.71. The predicted molar refractivity (Wildman–Crippen MR) is 57.3 cm³/mol. The van der Waals surface area contributed by atoms with Crippen LogP contribution in [-0.2, 0) is 18.0 Å². The van der Waals surface area contributed by atoms with Crippen LogP contribution in [0.15, 0.2) is 0 Å². The monoisotopic (exact) mass is 302 g/mol. The highest BCUT2D eigenvalue weighted by atomic mass is 32.7. The van der Waals surface area contributed by atoms with Gasteiger partial charge in [0.25, 0.3) is 6.57 Å². The lowest BCUT2D eigenvalue weighted by Crippen LogP contribution is -1.88. The molecule has 15 heavy (non-hydrogen) atoms. The zero-order valence-electron chi connectivity index (χ0n) is 8.00. The van der Waals surface area contributed by atoms with Crippen molar-refractivity contribution in [2.24, 2.45) is 0 Å². The average molecular weight is 302 g/mol. The zero-order valence-corrected chi connectivity index (χ0v) is 11.5. The Morgan fingerprint density at radius 3 is 2.13 bits per heavy atom. The Morgan fingerprint density at radius 2 is 1.80 bits per heavy atom. The molecular formula is C4H11F2O5P3S. The van der Waals surface area contributed by atoms with Crippen molar-refractivity contribution in [1.82, 2.24) is 0 Å². The van der Waals surface area contributed by atoms with Gasteiger partial charge in [-0.15, -0.1) is 0 Å². The van der Waals surface area contributed by atoms with E-state index in [2.05, 4.69) is 4.31 Å². The Bertz CT molecular complexity index is 354. The number of rotatable bonds is 6. The summed E-state index contributed by atoms with van der Waals surface area (Å²) < 4.78 is 61.3. The Morgan fingerprint density at radius 1 is 1.33 bits per heavy atom. The van der Waals surface area contributed by atoms with Gasteiger partial charge in [-0.1, -0.05) is 18.3 Å². The van der Waals surface area contributed by atoms with Crippen LogP contribution in [0, 0.1) is 0 Å². The molecule has 0 bridgehead atoms. The summed E-state index contributed by atoms with van der Waals surface area (Å²) in [6, 6.07) is 0. The fraction of sp³-hybridized carbons (Fsp3) is 1.00. The van der Waals surface area contributed by atoms with E-state index in [1.54, 1.807) is 0 Å². The fourth-order valence-corrected chi connectivity index (χ4v) is 8.74. The largest absolute Gasteiger partial charge is 0.385 e. The van der Waals surface area contributed by atoms with Crippen molar-refractivity contribution < 1.29 is 31.3 Å². The summed E-state index contributed by atoms with van der Waals surface area (Å²) in [6.07, 6.45) is 0. The van der Waals surface area contributed by atoms with Gasteiger partial charge in [-0.25, -0.2) is 4.31 Å². The zero-order chi connectivity index (χ0) is 12.3. The standard InChI is InChI=1S/C4H11F2O5P3S/c1-3-15-14(9,10)4-13(6,8)11-12(2,5)7/h3-4H2,1-2H3,(H,9,10). The molecule has 0 radical (unpaired) electrons. The fourth-order valence-electron chi connectivity index (χ4n) is 0.700. The molecule has 3 atom stereocenters. The molecule has 0 amide bonds. The van der Waals surface area contributed by atoms with Crippen LogP contribution in [0.3, 0.4) is 0 Å². The molecule has 0 aromatic carbocycles. The maximum absolute atomic E-state index is 13.0. The van der Waals surface area contributed by atoms with E-state index in [1.165, 1.54) is 6.92 Å². The van der Waals surface area contributed by atoms with Gasteiger partial charge in [0.1, 0.15) is 5.90 Å². The molecular weight excluding hydrogens is 291 g/mol. The van der Waals surface area contributed by atoms with E-state index < -0.39 is 27.8 Å². The summed E-state index contributed by atoms with van der Waals surface area (Å²) >= 11 is 0.493. The van der Waals surface area contributed by atoms with Crippen LogP contribution in [-0.4, -0.2) is 23.2 Å². The van der Waals surface area contributed by atoms with Crippen molar-refractivity contribution >= 4 is 33.3 Å². The second-order valence-corrected chi connectivity index (χ2v) is 11.7. The van der Waals surface area contributed by atoms with E-state index in [0.29, 0.717) is 18.0 Å². The van der Waals surface area contributed by atoms with E-state index in [9.17, 15) is 22.1 Å². The molecule has 3 unspecified atom stereocenters. The van der Waals surface area contributed by atoms with Crippen molar-refractivity contribution in [1.29, 1.82) is 0 Å². The molecule has 0 aliphatic heterocycles. The van der Waals surface area contributed by atoms with Crippen LogP contribution in [0.4, 0.5) is 8.39 Å². The topological polar surface area (TPSA) is 80.7 Å². The summed E-state index contributed by atoms with van der Waals surface area (Å²) in [6.45, 7) is -2.07. The minimum atomic E-state index is -5.14. The SMILES string of the molecule is CCSP(=O)(O)CP(=O)(F)OP(C)(=O)F. The Labute approximate surface area is 90.3 Å². The second kappa shape index (κ2) is 5.44. The molecule has 92 valence electrons. The van der Waals surface area contributed by atoms with Crippen LogP contribution >= 0.6 is 33.3 Å². The lowest BCUT2D eigenvalue weighted by Gasteiger charge is -2.13. The van der Waals surface area contributed by atoms with Gasteiger partial charge in [0.15, 0.2) is 0 Å². The maximum Gasteiger partial charge on any atom is 0.385 e. The molecule has 0 fully saturated rings. The highest BCUT2D eigenvalue weighted by Gasteiger charge is 2.39. The lowest BCUT2D eigenvalue weighted by molar-refractivity contribution is 0.402. The Hall–Kier alpha value is 0.820. The van der Waals surface area contributed by atoms with E-state index in [1.807, 2.05) is 0 Å². The first kappa shape index (κ1) is 15.8. The van der Waals surface area contributed by atoms with E-state index in [0.717, 1.165) is 0 Å². The molecule has 0 aromatic heterocycles. The molecule has 0 saturated heterocycles. The molecule has 0 saturated carbocycles. The van der Waals surface area contributed by atoms with E-state index >= 15 is 0 Å². The Balaban J connectivity index is 4.59. The minimum Gasteiger partial charge on any atom is -0.336 e. The van der Waals surface area contributed by atoms with Crippen LogP contribution in [0.1, 0.15) is 6.92 Å². The van der Waals surface area contributed by atoms with Gasteiger partial charge < -0.3 is 4.89 Å². The third-order valence-electron chi connectivity index (χ3n) is 0.946. The second-order valence-electron chi connectivity index (χ2n) is 2.62. The van der Waals surface area contributed by atoms with Crippen molar-refractivity contribution in [3.8, 4) is 0 Å². The molecule has 0 aromatic rings. The molecule has 0 aliphatic rings. The molecule has 0 aliphatic carbocycles. The number of halogens is 2. The minimum absolute atomic E-state index is 0.202. The van der Waals surface area contributed by atoms with Gasteiger partial charge in [-0.05, 0) is 5.75 Å². The van der Waals surface area contributed by atoms with Crippen LogP contribution in [0.5, 0.6) is 0 Å². The van der Waals surface area contributed by atoms with Gasteiger partial charge in [0.2, 0.25) is 0 Å². The first-order chi connectivity index (χ1) is 6.47. The third kappa shape index (κ3) is 8.61. The lowest BCUT2D eigenvalue weighted by atomic mass is 11.0. The summed E-state index contributed by atoms with van der Waals surface area (Å²) in [5.74, 6) is -1.13. The van der Waals surface area contributed by atoms with Gasteiger partial charge in [0, 0.05) is 6.66 Å². The highest BCUT2D eigenvalue weighted by molar-refractivity contribution is 8.57. The van der Waals surface area contributed by atoms with Crippen molar-refractivity contribution in [2.75, 3.05) is 18.3 Å². The van der Waals surface area contributed by atoms with Crippen LogP contribution in [0.2, 0.25) is 0 Å². The van der Waals surface area contributed by atoms with Crippen molar-refractivity contribution in [2.45, 2.75) is 6.92 Å². The summed E-state index contributed by atoms with van der Waals surface area (Å²) in [7, 11) is -9.91. The van der Waals surface area contributed by atoms with Crippen LogP contribution in [0.25, 0.3) is 0 Å². The maximum atomic E-state index is 13.0. The quantitative estimate of drug-likeness (QED) is 0.750. The van der Waals surface area contributed by atoms with Crippen LogP contribution < -0.4 is 0 Å². The van der Waals surface area contributed by atoms with Crippen molar-refractivity contribution in [3.05, 3.63) is 0 Å². The predicted octanol–water partition coefficient (Wildman–Crippen LogP) is 3.85. The average Bonchev–Trinajstić information content (AvgIpc) is 1.74. The normalized spacial score (nSPS) is 23.8. The van der Waals surface area contributed by atoms with Gasteiger partial charge >= 0.3 is 15.4 Å². The molecule has 0 heterocycles. The molecule has 11 heteroatoms. The summed E-state index contributed by atoms with van der Waals surface area (Å²) in [4.78, 5) is 9.06. The Kier molecular flexibility index (Phi) is 5.73. The summed E-state index contributed by atoms with van der Waals surface area (Å²) in [5.41, 5.74) is 0.